The highest BCUT2D eigenvalue weighted by atomic mass is 32.2. The Labute approximate surface area is 204 Å². The Morgan fingerprint density at radius 1 is 1.19 bits per heavy atom. The van der Waals surface area contributed by atoms with E-state index in [9.17, 15) is 31.1 Å². The number of anilines is 2. The van der Waals surface area contributed by atoms with E-state index in [0.717, 1.165) is 12.1 Å². The molecular formula is C22H24F4N6O3S. The molecule has 194 valence electrons. The zero-order valence-electron chi connectivity index (χ0n) is 19.2. The van der Waals surface area contributed by atoms with Gasteiger partial charge in [0.2, 0.25) is 5.95 Å². The number of aliphatic hydroxyl groups excluding tert-OH is 1. The third-order valence-electron chi connectivity index (χ3n) is 6.68. The molecule has 1 aliphatic carbocycles. The van der Waals surface area contributed by atoms with Crippen molar-refractivity contribution in [1.29, 1.82) is 0 Å². The van der Waals surface area contributed by atoms with Crippen LogP contribution in [0.1, 0.15) is 25.3 Å². The number of alkyl halides is 4. The van der Waals surface area contributed by atoms with Crippen molar-refractivity contribution in [1.82, 2.24) is 19.7 Å². The molecule has 36 heavy (non-hydrogen) atoms. The van der Waals surface area contributed by atoms with E-state index in [4.69, 9.17) is 0 Å². The summed E-state index contributed by atoms with van der Waals surface area (Å²) in [6.45, 7) is 1.44. The number of β-amino-alcohol motifs (C(OH)–C–C–N with tert-alkyl or cyclic N) is 1. The lowest BCUT2D eigenvalue weighted by Gasteiger charge is -2.35. The van der Waals surface area contributed by atoms with Crippen LogP contribution in [0.3, 0.4) is 0 Å². The lowest BCUT2D eigenvalue weighted by atomic mass is 9.92. The topological polar surface area (TPSA) is 113 Å². The van der Waals surface area contributed by atoms with E-state index in [0.29, 0.717) is 18.2 Å². The quantitative estimate of drug-likeness (QED) is 0.470. The zero-order valence-corrected chi connectivity index (χ0v) is 20.0. The number of halogens is 4. The predicted octanol–water partition coefficient (Wildman–Crippen LogP) is 2.73. The molecule has 1 saturated heterocycles. The number of aliphatic hydroxyl groups is 1. The summed E-state index contributed by atoms with van der Waals surface area (Å²) in [6.07, 6.45) is -5.12. The molecule has 0 bridgehead atoms. The molecule has 5 rings (SSSR count). The highest BCUT2D eigenvalue weighted by molar-refractivity contribution is 7.92. The van der Waals surface area contributed by atoms with Gasteiger partial charge in [0, 0.05) is 18.3 Å². The maximum atomic E-state index is 14.1. The number of nitrogens with one attached hydrogen (secondary N) is 1. The molecule has 1 saturated carbocycles. The van der Waals surface area contributed by atoms with Gasteiger partial charge in [0.25, 0.3) is 0 Å². The van der Waals surface area contributed by atoms with Gasteiger partial charge in [-0.15, -0.1) is 0 Å². The van der Waals surface area contributed by atoms with Crippen LogP contribution in [0, 0.1) is 0 Å². The maximum absolute atomic E-state index is 14.1. The molecule has 3 heterocycles. The summed E-state index contributed by atoms with van der Waals surface area (Å²) < 4.78 is 79.4. The molecule has 0 unspecified atom stereocenters. The molecule has 2 N–H and O–H groups in total. The number of benzene rings is 1. The molecule has 9 nitrogen and oxygen atoms in total. The summed E-state index contributed by atoms with van der Waals surface area (Å²) in [6, 6.07) is 4.40. The average Bonchev–Trinajstić information content (AvgIpc) is 3.37. The summed E-state index contributed by atoms with van der Waals surface area (Å²) >= 11 is 0. The highest BCUT2D eigenvalue weighted by Gasteiger charge is 2.39. The van der Waals surface area contributed by atoms with Gasteiger partial charge in [-0.3, -0.25) is 0 Å². The standard InChI is InChI=1S/C22H24F4N6O3S/c1-2-36(34,35)15-7-13(8-15)28-21-29-19(31-10-17(23)18(33)11-31)16-9-27-32(20(16)30-21)14-5-3-4-12(6-14)22(24,25)26/h3-6,9,13,15,17-18,33H,2,7-8,10-11H2,1H3,(H,28,29,30)/t13?,15?,17-,18-/m1/s1. The molecule has 1 aliphatic heterocycles. The minimum absolute atomic E-state index is 0.0261. The van der Waals surface area contributed by atoms with Crippen molar-refractivity contribution in [2.45, 2.75) is 49.5 Å². The second-order valence-electron chi connectivity index (χ2n) is 9.09. The number of nitrogens with zero attached hydrogens (tertiary/aromatic N) is 5. The lowest BCUT2D eigenvalue weighted by Crippen LogP contribution is -2.44. The fourth-order valence-electron chi connectivity index (χ4n) is 4.52. The van der Waals surface area contributed by atoms with E-state index in [2.05, 4.69) is 20.4 Å². The summed E-state index contributed by atoms with van der Waals surface area (Å²) in [5.41, 5.74) is -0.537. The van der Waals surface area contributed by atoms with Crippen molar-refractivity contribution < 1.29 is 31.1 Å². The number of hydrogen-bond acceptors (Lipinski definition) is 8. The number of aromatic nitrogens is 4. The zero-order chi connectivity index (χ0) is 25.8. The number of fused-ring (bicyclic) bond motifs is 1. The third kappa shape index (κ3) is 4.47. The minimum atomic E-state index is -4.55. The van der Waals surface area contributed by atoms with E-state index in [1.54, 1.807) is 6.92 Å². The van der Waals surface area contributed by atoms with Gasteiger partial charge < -0.3 is 15.3 Å². The summed E-state index contributed by atoms with van der Waals surface area (Å²) in [5.74, 6) is 0.437. The molecule has 3 aromatic rings. The van der Waals surface area contributed by atoms with Crippen LogP contribution in [0.25, 0.3) is 16.7 Å². The summed E-state index contributed by atoms with van der Waals surface area (Å²) in [4.78, 5) is 10.5. The Morgan fingerprint density at radius 2 is 1.94 bits per heavy atom. The number of rotatable bonds is 6. The SMILES string of the molecule is CCS(=O)(=O)C1CC(Nc2nc(N3C[C@@H](O)[C@H](F)C3)c3cnn(-c4cccc(C(F)(F)F)c4)c3n2)C1. The summed E-state index contributed by atoms with van der Waals surface area (Å²) in [7, 11) is -3.17. The van der Waals surface area contributed by atoms with Crippen molar-refractivity contribution in [2.24, 2.45) is 0 Å². The van der Waals surface area contributed by atoms with Gasteiger partial charge in [0.15, 0.2) is 15.5 Å². The Morgan fingerprint density at radius 3 is 2.58 bits per heavy atom. The monoisotopic (exact) mass is 528 g/mol. The summed E-state index contributed by atoms with van der Waals surface area (Å²) in [5, 5.41) is 17.2. The van der Waals surface area contributed by atoms with Crippen LogP contribution in [-0.4, -0.2) is 75.7 Å². The Kier molecular flexibility index (Phi) is 6.06. The third-order valence-corrected chi connectivity index (χ3v) is 8.89. The Balaban J connectivity index is 1.53. The first-order valence-corrected chi connectivity index (χ1v) is 13.2. The van der Waals surface area contributed by atoms with Crippen LogP contribution in [-0.2, 0) is 16.0 Å². The first kappa shape index (κ1) is 24.7. The van der Waals surface area contributed by atoms with Crippen LogP contribution in [0.5, 0.6) is 0 Å². The van der Waals surface area contributed by atoms with Gasteiger partial charge in [-0.1, -0.05) is 13.0 Å². The number of hydrogen-bond donors (Lipinski definition) is 2. The largest absolute Gasteiger partial charge is 0.416 e. The van der Waals surface area contributed by atoms with Crippen molar-refractivity contribution in [3.05, 3.63) is 36.0 Å². The van der Waals surface area contributed by atoms with Crippen LogP contribution in [0.2, 0.25) is 0 Å². The number of sulfone groups is 1. The Bertz CT molecular complexity index is 1380. The van der Waals surface area contributed by atoms with Gasteiger partial charge in [0.1, 0.15) is 18.1 Å². The first-order chi connectivity index (χ1) is 17.0. The maximum Gasteiger partial charge on any atom is 0.416 e. The van der Waals surface area contributed by atoms with E-state index in [1.807, 2.05) is 0 Å². The molecule has 1 aromatic carbocycles. The molecule has 2 atom stereocenters. The molecule has 0 spiro atoms. The molecule has 0 radical (unpaired) electrons. The van der Waals surface area contributed by atoms with Crippen molar-refractivity contribution >= 4 is 32.6 Å². The lowest BCUT2D eigenvalue weighted by molar-refractivity contribution is -0.137. The van der Waals surface area contributed by atoms with Gasteiger partial charge in [0.05, 0.1) is 34.6 Å². The van der Waals surface area contributed by atoms with Gasteiger partial charge >= 0.3 is 6.18 Å². The van der Waals surface area contributed by atoms with Crippen molar-refractivity contribution in [3.63, 3.8) is 0 Å². The first-order valence-electron chi connectivity index (χ1n) is 11.4. The van der Waals surface area contributed by atoms with Crippen LogP contribution in [0.15, 0.2) is 30.5 Å². The molecule has 2 aliphatic rings. The van der Waals surface area contributed by atoms with Crippen molar-refractivity contribution in [2.75, 3.05) is 29.1 Å². The van der Waals surface area contributed by atoms with Crippen LogP contribution in [0.4, 0.5) is 29.3 Å². The molecule has 2 fully saturated rings. The van der Waals surface area contributed by atoms with Gasteiger partial charge in [-0.05, 0) is 31.0 Å². The van der Waals surface area contributed by atoms with Crippen molar-refractivity contribution in [3.8, 4) is 5.69 Å². The van der Waals surface area contributed by atoms with E-state index in [-0.39, 0.29) is 48.0 Å². The minimum Gasteiger partial charge on any atom is -0.388 e. The fourth-order valence-corrected chi connectivity index (χ4v) is 6.04. The molecular weight excluding hydrogens is 504 g/mol. The second-order valence-corrected chi connectivity index (χ2v) is 11.7. The van der Waals surface area contributed by atoms with E-state index >= 15 is 0 Å². The fraction of sp³-hybridized carbons (Fsp3) is 0.500. The van der Waals surface area contributed by atoms with Crippen LogP contribution < -0.4 is 10.2 Å². The molecule has 0 amide bonds. The van der Waals surface area contributed by atoms with Crippen LogP contribution >= 0.6 is 0 Å². The van der Waals surface area contributed by atoms with E-state index < -0.39 is 39.1 Å². The molecule has 2 aromatic heterocycles. The Hall–Kier alpha value is -3.00. The highest BCUT2D eigenvalue weighted by Crippen LogP contribution is 2.34. The normalized spacial score (nSPS) is 24.8. The van der Waals surface area contributed by atoms with E-state index in [1.165, 1.54) is 27.9 Å². The average molecular weight is 529 g/mol. The predicted molar refractivity (Wildman–Crippen MR) is 125 cm³/mol. The van der Waals surface area contributed by atoms with Gasteiger partial charge in [-0.25, -0.2) is 17.5 Å². The smallest absolute Gasteiger partial charge is 0.388 e. The van der Waals surface area contributed by atoms with Gasteiger partial charge in [-0.2, -0.15) is 28.2 Å². The second kappa shape index (κ2) is 8.83. The molecule has 14 heteroatoms.